The van der Waals surface area contributed by atoms with Crippen LogP contribution in [0.3, 0.4) is 0 Å². The standard InChI is InChI=1S/C22H27NO2/c1-13-11-15(3)17(12-14(13)2)19-20(22(25)21(19)24)23-10-6-8-16-7-4-5-9-18(16)23/h11-12,16,18H,4-10H2,1-3H3/t16-,18-/m1/s1. The van der Waals surface area contributed by atoms with Gasteiger partial charge in [0.2, 0.25) is 10.9 Å². The minimum atomic E-state index is -0.292. The van der Waals surface area contributed by atoms with Crippen molar-refractivity contribution >= 4 is 5.69 Å². The maximum Gasteiger partial charge on any atom is 0.250 e. The Kier molecular flexibility index (Phi) is 4.05. The molecule has 4 rings (SSSR count). The van der Waals surface area contributed by atoms with Gasteiger partial charge < -0.3 is 4.90 Å². The first kappa shape index (κ1) is 16.6. The number of anilines is 1. The van der Waals surface area contributed by atoms with Crippen molar-refractivity contribution in [1.29, 1.82) is 0 Å². The number of hydrogen-bond donors (Lipinski definition) is 0. The number of piperidine rings is 1. The first-order chi connectivity index (χ1) is 12.0. The minimum absolute atomic E-state index is 0.265. The number of nitrogens with zero attached hydrogens (tertiary/aromatic N) is 1. The molecule has 1 heterocycles. The van der Waals surface area contributed by atoms with E-state index < -0.39 is 0 Å². The predicted octanol–water partition coefficient (Wildman–Crippen LogP) is 4.03. The molecular weight excluding hydrogens is 310 g/mol. The largest absolute Gasteiger partial charge is 0.364 e. The molecule has 0 aromatic heterocycles. The van der Waals surface area contributed by atoms with Crippen LogP contribution in [0.5, 0.6) is 0 Å². The zero-order valence-electron chi connectivity index (χ0n) is 15.5. The summed E-state index contributed by atoms with van der Waals surface area (Å²) in [7, 11) is 0. The molecule has 132 valence electrons. The van der Waals surface area contributed by atoms with Crippen LogP contribution in [0.25, 0.3) is 11.1 Å². The minimum Gasteiger partial charge on any atom is -0.364 e. The Morgan fingerprint density at radius 1 is 0.840 bits per heavy atom. The van der Waals surface area contributed by atoms with Crippen molar-refractivity contribution in [2.24, 2.45) is 5.92 Å². The van der Waals surface area contributed by atoms with E-state index in [9.17, 15) is 9.59 Å². The zero-order chi connectivity index (χ0) is 17.7. The van der Waals surface area contributed by atoms with Crippen LogP contribution in [0.4, 0.5) is 5.69 Å². The van der Waals surface area contributed by atoms with Crippen LogP contribution >= 0.6 is 0 Å². The molecule has 1 saturated carbocycles. The van der Waals surface area contributed by atoms with E-state index in [1.54, 1.807) is 0 Å². The zero-order valence-corrected chi connectivity index (χ0v) is 15.5. The van der Waals surface area contributed by atoms with Gasteiger partial charge in [-0.2, -0.15) is 0 Å². The highest BCUT2D eigenvalue weighted by Crippen LogP contribution is 2.40. The van der Waals surface area contributed by atoms with Crippen molar-refractivity contribution in [2.45, 2.75) is 65.3 Å². The quantitative estimate of drug-likeness (QED) is 0.776. The fourth-order valence-corrected chi connectivity index (χ4v) is 5.04. The number of hydrogen-bond acceptors (Lipinski definition) is 3. The summed E-state index contributed by atoms with van der Waals surface area (Å²) in [5.74, 6) is 0.695. The molecule has 3 nitrogen and oxygen atoms in total. The number of benzene rings is 1. The topological polar surface area (TPSA) is 37.4 Å². The first-order valence-corrected chi connectivity index (χ1v) is 9.67. The van der Waals surface area contributed by atoms with E-state index in [2.05, 4.69) is 30.9 Å². The van der Waals surface area contributed by atoms with Gasteiger partial charge in [0.25, 0.3) is 0 Å². The second-order valence-electron chi connectivity index (χ2n) is 8.08. The highest BCUT2D eigenvalue weighted by molar-refractivity contribution is 5.85. The van der Waals surface area contributed by atoms with Crippen molar-refractivity contribution in [1.82, 2.24) is 0 Å². The van der Waals surface area contributed by atoms with Crippen LogP contribution in [-0.2, 0) is 0 Å². The van der Waals surface area contributed by atoms with Crippen LogP contribution in [0.1, 0.15) is 55.2 Å². The summed E-state index contributed by atoms with van der Waals surface area (Å²) < 4.78 is 0. The molecule has 2 aromatic rings. The average Bonchev–Trinajstić information content (AvgIpc) is 2.62. The predicted molar refractivity (Wildman–Crippen MR) is 103 cm³/mol. The molecule has 3 heteroatoms. The molecule has 2 fully saturated rings. The number of rotatable bonds is 2. The lowest BCUT2D eigenvalue weighted by atomic mass is 9.77. The maximum atomic E-state index is 12.5. The van der Waals surface area contributed by atoms with Gasteiger partial charge in [0.05, 0.1) is 5.56 Å². The van der Waals surface area contributed by atoms with E-state index >= 15 is 0 Å². The lowest BCUT2D eigenvalue weighted by Crippen LogP contribution is -2.52. The monoisotopic (exact) mass is 337 g/mol. The molecule has 25 heavy (non-hydrogen) atoms. The number of fused-ring (bicyclic) bond motifs is 1. The molecule has 0 amide bonds. The lowest BCUT2D eigenvalue weighted by molar-refractivity contribution is 0.243. The van der Waals surface area contributed by atoms with Crippen molar-refractivity contribution in [3.05, 3.63) is 49.3 Å². The van der Waals surface area contributed by atoms with E-state index in [-0.39, 0.29) is 10.9 Å². The second-order valence-corrected chi connectivity index (χ2v) is 8.08. The van der Waals surface area contributed by atoms with Crippen LogP contribution < -0.4 is 15.8 Å². The summed E-state index contributed by atoms with van der Waals surface area (Å²) in [6.45, 7) is 7.12. The van der Waals surface area contributed by atoms with Gasteiger partial charge in [-0.25, -0.2) is 0 Å². The Balaban J connectivity index is 1.80. The molecule has 0 N–H and O–H groups in total. The van der Waals surface area contributed by atoms with E-state index in [1.165, 1.54) is 36.8 Å². The fraction of sp³-hybridized carbons (Fsp3) is 0.545. The van der Waals surface area contributed by atoms with Gasteiger partial charge in [-0.05, 0) is 74.6 Å². The van der Waals surface area contributed by atoms with Gasteiger partial charge in [-0.15, -0.1) is 0 Å². The second kappa shape index (κ2) is 6.12. The third-order valence-electron chi connectivity index (χ3n) is 6.53. The Hall–Kier alpha value is -1.90. The van der Waals surface area contributed by atoms with Crippen LogP contribution in [-0.4, -0.2) is 12.6 Å². The van der Waals surface area contributed by atoms with Crippen LogP contribution in [0.2, 0.25) is 0 Å². The van der Waals surface area contributed by atoms with E-state index in [1.807, 2.05) is 6.92 Å². The molecular formula is C22H27NO2. The van der Waals surface area contributed by atoms with Gasteiger partial charge >= 0.3 is 0 Å². The third kappa shape index (κ3) is 2.56. The lowest BCUT2D eigenvalue weighted by Gasteiger charge is -2.46. The molecule has 0 spiro atoms. The Labute approximate surface area is 149 Å². The summed E-state index contributed by atoms with van der Waals surface area (Å²) in [6.07, 6.45) is 7.39. The number of aryl methyl sites for hydroxylation is 3. The third-order valence-corrected chi connectivity index (χ3v) is 6.53. The molecule has 0 bridgehead atoms. The highest BCUT2D eigenvalue weighted by atomic mass is 16.2. The van der Waals surface area contributed by atoms with Crippen molar-refractivity contribution < 1.29 is 0 Å². The molecule has 0 unspecified atom stereocenters. The highest BCUT2D eigenvalue weighted by Gasteiger charge is 2.38. The Morgan fingerprint density at radius 2 is 1.52 bits per heavy atom. The molecule has 2 aromatic carbocycles. The molecule has 1 aliphatic carbocycles. The molecule has 2 atom stereocenters. The van der Waals surface area contributed by atoms with Crippen LogP contribution in [0, 0.1) is 26.7 Å². The Bertz CT molecular complexity index is 886. The van der Waals surface area contributed by atoms with E-state index in [0.717, 1.165) is 30.5 Å². The van der Waals surface area contributed by atoms with Gasteiger partial charge in [0.1, 0.15) is 5.69 Å². The van der Waals surface area contributed by atoms with Gasteiger partial charge in [-0.3, -0.25) is 9.59 Å². The molecule has 1 saturated heterocycles. The Morgan fingerprint density at radius 3 is 2.32 bits per heavy atom. The van der Waals surface area contributed by atoms with Crippen molar-refractivity contribution in [2.75, 3.05) is 11.4 Å². The smallest absolute Gasteiger partial charge is 0.250 e. The van der Waals surface area contributed by atoms with Gasteiger partial charge in [0, 0.05) is 12.6 Å². The first-order valence-electron chi connectivity index (χ1n) is 9.67. The summed E-state index contributed by atoms with van der Waals surface area (Å²) in [5, 5.41) is 0. The molecule has 1 aliphatic heterocycles. The summed E-state index contributed by atoms with van der Waals surface area (Å²) in [5.41, 5.74) is 5.29. The summed E-state index contributed by atoms with van der Waals surface area (Å²) in [4.78, 5) is 27.3. The molecule has 0 radical (unpaired) electrons. The van der Waals surface area contributed by atoms with Crippen molar-refractivity contribution in [3.8, 4) is 11.1 Å². The molecule has 2 aliphatic rings. The van der Waals surface area contributed by atoms with Gasteiger partial charge in [-0.1, -0.05) is 25.0 Å². The van der Waals surface area contributed by atoms with Crippen molar-refractivity contribution in [3.63, 3.8) is 0 Å². The average molecular weight is 337 g/mol. The van der Waals surface area contributed by atoms with Gasteiger partial charge in [0.15, 0.2) is 0 Å². The van der Waals surface area contributed by atoms with Crippen LogP contribution in [0.15, 0.2) is 21.7 Å². The van der Waals surface area contributed by atoms with E-state index in [4.69, 9.17) is 0 Å². The SMILES string of the molecule is Cc1cc(C)c(-c2c(N3CCC[C@H]4CCCC[C@H]43)c(=O)c2=O)cc1C. The summed E-state index contributed by atoms with van der Waals surface area (Å²) >= 11 is 0. The maximum absolute atomic E-state index is 12.5. The normalized spacial score (nSPS) is 23.7. The van der Waals surface area contributed by atoms with E-state index in [0.29, 0.717) is 23.2 Å². The fourth-order valence-electron chi connectivity index (χ4n) is 5.04. The summed E-state index contributed by atoms with van der Waals surface area (Å²) in [6, 6.07) is 4.67.